The van der Waals surface area contributed by atoms with Crippen LogP contribution in [0.2, 0.25) is 0 Å². The molecular weight excluding hydrogens is 571 g/mol. The highest BCUT2D eigenvalue weighted by molar-refractivity contribution is 9.10. The van der Waals surface area contributed by atoms with E-state index in [-0.39, 0.29) is 7.69 Å². The Morgan fingerprint density at radius 3 is 1.29 bits per heavy atom. The van der Waals surface area contributed by atoms with Crippen molar-refractivity contribution in [2.75, 3.05) is 0 Å². The molecule has 0 saturated carbocycles. The predicted octanol–water partition coefficient (Wildman–Crippen LogP) is 7.37. The minimum Gasteiger partial charge on any atom is -0.529 e. The van der Waals surface area contributed by atoms with Crippen LogP contribution in [0, 0.1) is 0 Å². The summed E-state index contributed by atoms with van der Waals surface area (Å²) in [7, 11) is 0.136. The average Bonchev–Trinajstić information content (AvgIpc) is 2.86. The third kappa shape index (κ3) is 8.86. The Hall–Kier alpha value is -2.58. The van der Waals surface area contributed by atoms with Crippen molar-refractivity contribution < 1.29 is 18.8 Å². The van der Waals surface area contributed by atoms with Crippen molar-refractivity contribution in [3.8, 4) is 11.5 Å². The van der Waals surface area contributed by atoms with Gasteiger partial charge in [-0.25, -0.2) is 0 Å². The summed E-state index contributed by atoms with van der Waals surface area (Å²) < 4.78 is 25.1. The highest BCUT2D eigenvalue weighted by Crippen LogP contribution is 2.17. The molecule has 0 spiro atoms. The Morgan fingerprint density at radius 1 is 0.486 bits per heavy atom. The average molecular weight is 596 g/mol. The lowest BCUT2D eigenvalue weighted by Crippen LogP contribution is -2.10. The molecule has 0 saturated heterocycles. The third-order valence-electron chi connectivity index (χ3n) is 5.15. The fourth-order valence-corrected chi connectivity index (χ4v) is 4.25. The highest BCUT2D eigenvalue weighted by atomic mass is 79.9. The summed E-state index contributed by atoms with van der Waals surface area (Å²) >= 11 is 6.96. The van der Waals surface area contributed by atoms with E-state index in [0.29, 0.717) is 26.4 Å². The van der Waals surface area contributed by atoms with Gasteiger partial charge in [0.15, 0.2) is 0 Å². The van der Waals surface area contributed by atoms with Crippen molar-refractivity contribution >= 4 is 39.5 Å². The molecule has 4 aromatic carbocycles. The van der Waals surface area contributed by atoms with Crippen molar-refractivity contribution in [1.29, 1.82) is 0 Å². The van der Waals surface area contributed by atoms with Gasteiger partial charge in [0.05, 0.1) is 26.4 Å². The molecule has 0 aliphatic heterocycles. The molecule has 4 aromatic rings. The van der Waals surface area contributed by atoms with Crippen LogP contribution in [0.4, 0.5) is 0 Å². The summed E-state index contributed by atoms with van der Waals surface area (Å²) in [6, 6.07) is 31.9. The quantitative estimate of drug-likeness (QED) is 0.160. The van der Waals surface area contributed by atoms with Crippen molar-refractivity contribution in [1.82, 2.24) is 0 Å². The monoisotopic (exact) mass is 594 g/mol. The Kier molecular flexibility index (Phi) is 9.84. The van der Waals surface area contributed by atoms with E-state index in [1.54, 1.807) is 0 Å². The standard InChI is InChI=1S/C28H25BBr2O4/c30-25-5-1-3-23(15-25)19-32-17-21-7-11-27(12-8-21)34-29-35-28-13-9-22(10-14-28)18-33-20-24-4-2-6-26(31)16-24/h1-16,29H,17-20H2. The van der Waals surface area contributed by atoms with E-state index in [1.165, 1.54) is 0 Å². The van der Waals surface area contributed by atoms with E-state index >= 15 is 0 Å². The number of ether oxygens (including phenoxy) is 2. The van der Waals surface area contributed by atoms with Crippen molar-refractivity contribution in [3.63, 3.8) is 0 Å². The van der Waals surface area contributed by atoms with E-state index in [4.69, 9.17) is 18.8 Å². The molecule has 0 aliphatic carbocycles. The Morgan fingerprint density at radius 2 is 0.886 bits per heavy atom. The van der Waals surface area contributed by atoms with Crippen LogP contribution in [0.5, 0.6) is 11.5 Å². The van der Waals surface area contributed by atoms with Crippen molar-refractivity contribution in [2.45, 2.75) is 26.4 Å². The zero-order valence-corrected chi connectivity index (χ0v) is 22.3. The molecule has 0 N–H and O–H groups in total. The van der Waals surface area contributed by atoms with Crippen LogP contribution in [0.15, 0.2) is 106 Å². The first-order valence-corrected chi connectivity index (χ1v) is 12.8. The van der Waals surface area contributed by atoms with E-state index in [1.807, 2.05) is 84.9 Å². The van der Waals surface area contributed by atoms with E-state index in [0.717, 1.165) is 42.7 Å². The van der Waals surface area contributed by atoms with Crippen LogP contribution < -0.4 is 9.31 Å². The maximum Gasteiger partial charge on any atom is 0.576 e. The minimum absolute atomic E-state index is 0.136. The van der Waals surface area contributed by atoms with Gasteiger partial charge in [-0.05, 0) is 70.8 Å². The number of hydrogen-bond acceptors (Lipinski definition) is 4. The molecular formula is C28H25BBr2O4. The van der Waals surface area contributed by atoms with Crippen LogP contribution in [0.25, 0.3) is 0 Å². The molecule has 0 unspecified atom stereocenters. The minimum atomic E-state index is 0.136. The van der Waals surface area contributed by atoms with Gasteiger partial charge in [-0.2, -0.15) is 0 Å². The lowest BCUT2D eigenvalue weighted by Gasteiger charge is -2.10. The highest BCUT2D eigenvalue weighted by Gasteiger charge is 2.03. The van der Waals surface area contributed by atoms with E-state index in [9.17, 15) is 0 Å². The lowest BCUT2D eigenvalue weighted by atomic mass is 10.2. The van der Waals surface area contributed by atoms with Crippen LogP contribution in [-0.4, -0.2) is 7.69 Å². The summed E-state index contributed by atoms with van der Waals surface area (Å²) in [6.07, 6.45) is 0. The van der Waals surface area contributed by atoms with Crippen LogP contribution in [0.1, 0.15) is 22.3 Å². The molecule has 0 amide bonds. The predicted molar refractivity (Wildman–Crippen MR) is 147 cm³/mol. The zero-order chi connectivity index (χ0) is 24.3. The molecule has 0 bridgehead atoms. The fourth-order valence-electron chi connectivity index (χ4n) is 3.36. The number of halogens is 2. The summed E-state index contributed by atoms with van der Waals surface area (Å²) in [5, 5.41) is 0. The molecule has 7 heteroatoms. The summed E-state index contributed by atoms with van der Waals surface area (Å²) in [5.74, 6) is 1.50. The summed E-state index contributed by atoms with van der Waals surface area (Å²) in [5.41, 5.74) is 4.45. The second kappa shape index (κ2) is 13.5. The van der Waals surface area contributed by atoms with Gasteiger partial charge in [-0.3, -0.25) is 0 Å². The molecule has 4 nitrogen and oxygen atoms in total. The van der Waals surface area contributed by atoms with Gasteiger partial charge in [0.2, 0.25) is 0 Å². The molecule has 35 heavy (non-hydrogen) atoms. The van der Waals surface area contributed by atoms with Gasteiger partial charge >= 0.3 is 7.69 Å². The number of rotatable bonds is 12. The number of hydrogen-bond donors (Lipinski definition) is 0. The van der Waals surface area contributed by atoms with Crippen molar-refractivity contribution in [3.05, 3.63) is 128 Å². The molecule has 0 radical (unpaired) electrons. The molecule has 0 fully saturated rings. The Bertz CT molecular complexity index is 1110. The first kappa shape index (κ1) is 25.5. The summed E-state index contributed by atoms with van der Waals surface area (Å²) in [4.78, 5) is 0. The Balaban J connectivity index is 1.13. The molecule has 4 rings (SSSR count). The first-order chi connectivity index (χ1) is 17.1. The maximum absolute atomic E-state index is 5.80. The molecule has 0 aliphatic rings. The van der Waals surface area contributed by atoms with Gasteiger partial charge in [-0.1, -0.05) is 80.4 Å². The van der Waals surface area contributed by atoms with E-state index < -0.39 is 0 Å². The van der Waals surface area contributed by atoms with Gasteiger partial charge in [0.1, 0.15) is 11.5 Å². The van der Waals surface area contributed by atoms with Crippen LogP contribution in [0.3, 0.4) is 0 Å². The van der Waals surface area contributed by atoms with Crippen molar-refractivity contribution in [2.24, 2.45) is 0 Å². The number of benzene rings is 4. The second-order valence-electron chi connectivity index (χ2n) is 7.94. The van der Waals surface area contributed by atoms with Gasteiger partial charge in [-0.15, -0.1) is 0 Å². The molecule has 178 valence electrons. The molecule has 0 atom stereocenters. The third-order valence-corrected chi connectivity index (χ3v) is 6.14. The first-order valence-electron chi connectivity index (χ1n) is 11.2. The normalized spacial score (nSPS) is 10.7. The largest absolute Gasteiger partial charge is 0.576 e. The SMILES string of the molecule is Brc1cccc(COCc2ccc(OBOc3ccc(COCc4cccc(Br)c4)cc3)cc2)c1. The summed E-state index contributed by atoms with van der Waals surface area (Å²) in [6.45, 7) is 2.23. The fraction of sp³-hybridized carbons (Fsp3) is 0.143. The molecule has 0 heterocycles. The van der Waals surface area contributed by atoms with Gasteiger partial charge in [0, 0.05) is 8.95 Å². The topological polar surface area (TPSA) is 36.9 Å². The van der Waals surface area contributed by atoms with Gasteiger partial charge in [0.25, 0.3) is 0 Å². The lowest BCUT2D eigenvalue weighted by molar-refractivity contribution is 0.107. The van der Waals surface area contributed by atoms with Crippen LogP contribution >= 0.6 is 31.9 Å². The second-order valence-corrected chi connectivity index (χ2v) is 9.77. The smallest absolute Gasteiger partial charge is 0.529 e. The van der Waals surface area contributed by atoms with Crippen LogP contribution in [-0.2, 0) is 35.9 Å². The zero-order valence-electron chi connectivity index (χ0n) is 19.2. The molecule has 0 aromatic heterocycles. The van der Waals surface area contributed by atoms with E-state index in [2.05, 4.69) is 44.0 Å². The van der Waals surface area contributed by atoms with Gasteiger partial charge < -0.3 is 18.8 Å². The maximum atomic E-state index is 5.80. The Labute approximate surface area is 223 Å².